The number of allylic oxidation sites excluding steroid dienone is 1. The van der Waals surface area contributed by atoms with Gasteiger partial charge in [-0.1, -0.05) is 65.5 Å². The van der Waals surface area contributed by atoms with E-state index in [4.69, 9.17) is 4.74 Å². The topological polar surface area (TPSA) is 64.6 Å². The monoisotopic (exact) mass is 515 g/mol. The summed E-state index contributed by atoms with van der Waals surface area (Å²) in [6.07, 6.45) is 16.8. The van der Waals surface area contributed by atoms with Gasteiger partial charge in [-0.3, -0.25) is 9.59 Å². The molecule has 0 heterocycles. The van der Waals surface area contributed by atoms with E-state index in [1.54, 1.807) is 5.57 Å². The number of fused-ring (bicyclic) bond motifs is 5. The van der Waals surface area contributed by atoms with E-state index in [0.29, 0.717) is 5.41 Å². The van der Waals surface area contributed by atoms with Gasteiger partial charge in [-0.15, -0.1) is 0 Å². The number of rotatable bonds is 10. The molecule has 1 amide bonds. The van der Waals surface area contributed by atoms with Crippen LogP contribution in [0, 0.1) is 46.3 Å². The Labute approximate surface area is 225 Å². The summed E-state index contributed by atoms with van der Waals surface area (Å²) in [7, 11) is 1.32. The van der Waals surface area contributed by atoms with Gasteiger partial charge in [0.25, 0.3) is 0 Å². The molecule has 3 saturated carbocycles. The first kappa shape index (κ1) is 28.6. The molecule has 4 aliphatic carbocycles. The third kappa shape index (κ3) is 5.97. The molecule has 0 spiro atoms. The molecular formula is C32H53NO4. The number of carbonyl (C=O) groups is 2. The van der Waals surface area contributed by atoms with Crippen molar-refractivity contribution in [3.63, 3.8) is 0 Å². The molecule has 0 radical (unpaired) electrons. The average molecular weight is 516 g/mol. The molecule has 0 aliphatic heterocycles. The molecule has 8 atom stereocenters. The zero-order chi connectivity index (χ0) is 26.8. The van der Waals surface area contributed by atoms with Crippen LogP contribution >= 0.6 is 0 Å². The van der Waals surface area contributed by atoms with Crippen LogP contribution in [0.3, 0.4) is 0 Å². The second kappa shape index (κ2) is 11.8. The summed E-state index contributed by atoms with van der Waals surface area (Å²) in [5.41, 5.74) is 2.40. The average Bonchev–Trinajstić information content (AvgIpc) is 3.22. The minimum Gasteiger partial charge on any atom is -0.468 e. The smallest absolute Gasteiger partial charge is 0.325 e. The van der Waals surface area contributed by atoms with Gasteiger partial charge >= 0.3 is 5.97 Å². The maximum Gasteiger partial charge on any atom is 0.325 e. The highest BCUT2D eigenvalue weighted by Gasteiger charge is 2.59. The number of esters is 1. The van der Waals surface area contributed by atoms with Crippen LogP contribution in [0.25, 0.3) is 0 Å². The number of hydrogen-bond donors (Lipinski definition) is 1. The molecule has 3 fully saturated rings. The van der Waals surface area contributed by atoms with Crippen LogP contribution in [0.5, 0.6) is 0 Å². The molecule has 4 rings (SSSR count). The maximum atomic E-state index is 12.1. The standard InChI is InChI=1S/C32H53NO4/c1-21(2)8-7-9-22(3)26-12-13-27-25-11-10-23-18-24(37-20-29(34)33-19-30(35)36-6)14-16-31(23,4)28(25)15-17-32(26,27)5/h10,21-22,24-28H,7-9,11-20H2,1-6H3,(H,33,34). The highest BCUT2D eigenvalue weighted by Crippen LogP contribution is 2.67. The van der Waals surface area contributed by atoms with Gasteiger partial charge in [0.1, 0.15) is 13.2 Å². The van der Waals surface area contributed by atoms with Crippen molar-refractivity contribution >= 4 is 11.9 Å². The van der Waals surface area contributed by atoms with E-state index in [1.165, 1.54) is 58.5 Å². The van der Waals surface area contributed by atoms with E-state index >= 15 is 0 Å². The van der Waals surface area contributed by atoms with E-state index in [0.717, 1.165) is 54.8 Å². The number of amides is 1. The van der Waals surface area contributed by atoms with Crippen LogP contribution in [-0.2, 0) is 19.1 Å². The van der Waals surface area contributed by atoms with Gasteiger partial charge in [-0.05, 0) is 97.7 Å². The third-order valence-corrected chi connectivity index (χ3v) is 11.4. The minimum absolute atomic E-state index is 0.00881. The Morgan fingerprint density at radius 1 is 1.05 bits per heavy atom. The molecule has 4 aliphatic rings. The molecule has 1 N–H and O–H groups in total. The molecule has 5 heteroatoms. The van der Waals surface area contributed by atoms with Gasteiger partial charge in [-0.2, -0.15) is 0 Å². The number of nitrogens with one attached hydrogen (secondary N) is 1. The summed E-state index contributed by atoms with van der Waals surface area (Å²) in [4.78, 5) is 23.3. The SMILES string of the molecule is COC(=O)CNC(=O)COC1CCC2(C)C(=CCC3C2CCC2(C)C(C(C)CCCC(C)C)CCC32)C1. The molecule has 0 aromatic heterocycles. The quantitative estimate of drug-likeness (QED) is 0.260. The van der Waals surface area contributed by atoms with Crippen molar-refractivity contribution in [1.82, 2.24) is 5.32 Å². The maximum absolute atomic E-state index is 12.1. The van der Waals surface area contributed by atoms with Crippen molar-refractivity contribution in [3.8, 4) is 0 Å². The molecular weight excluding hydrogens is 462 g/mol. The van der Waals surface area contributed by atoms with Crippen LogP contribution in [0.2, 0.25) is 0 Å². The molecule has 210 valence electrons. The number of hydrogen-bond acceptors (Lipinski definition) is 4. The van der Waals surface area contributed by atoms with Crippen molar-refractivity contribution in [2.75, 3.05) is 20.3 Å². The highest BCUT2D eigenvalue weighted by molar-refractivity contribution is 5.82. The Hall–Kier alpha value is -1.36. The molecule has 37 heavy (non-hydrogen) atoms. The third-order valence-electron chi connectivity index (χ3n) is 11.4. The molecule has 0 bridgehead atoms. The highest BCUT2D eigenvalue weighted by atomic mass is 16.5. The van der Waals surface area contributed by atoms with Crippen LogP contribution in [0.15, 0.2) is 11.6 Å². The molecule has 0 aromatic rings. The summed E-state index contributed by atoms with van der Waals surface area (Å²) in [5, 5.41) is 2.57. The second-order valence-electron chi connectivity index (χ2n) is 13.8. The van der Waals surface area contributed by atoms with E-state index in [-0.39, 0.29) is 30.6 Å². The first-order chi connectivity index (χ1) is 17.6. The zero-order valence-electron chi connectivity index (χ0n) is 24.4. The van der Waals surface area contributed by atoms with E-state index < -0.39 is 5.97 Å². The van der Waals surface area contributed by atoms with Gasteiger partial charge in [0.15, 0.2) is 0 Å². The Bertz CT molecular complexity index is 852. The van der Waals surface area contributed by atoms with Crippen molar-refractivity contribution in [2.24, 2.45) is 46.3 Å². The second-order valence-corrected chi connectivity index (χ2v) is 13.8. The van der Waals surface area contributed by atoms with Crippen molar-refractivity contribution in [3.05, 3.63) is 11.6 Å². The summed E-state index contributed by atoms with van der Waals surface area (Å²) in [5.74, 6) is 4.39. The largest absolute Gasteiger partial charge is 0.468 e. The van der Waals surface area contributed by atoms with Gasteiger partial charge in [0.05, 0.1) is 13.2 Å². The lowest BCUT2D eigenvalue weighted by molar-refractivity contribution is -0.142. The first-order valence-corrected chi connectivity index (χ1v) is 15.2. The molecule has 0 aromatic carbocycles. The van der Waals surface area contributed by atoms with Gasteiger partial charge in [0.2, 0.25) is 5.91 Å². The first-order valence-electron chi connectivity index (χ1n) is 15.2. The van der Waals surface area contributed by atoms with Crippen LogP contribution in [0.1, 0.15) is 105 Å². The van der Waals surface area contributed by atoms with Crippen molar-refractivity contribution in [2.45, 2.75) is 111 Å². The minimum atomic E-state index is -0.443. The lowest BCUT2D eigenvalue weighted by Crippen LogP contribution is -2.51. The number of carbonyl (C=O) groups excluding carboxylic acids is 2. The van der Waals surface area contributed by atoms with Gasteiger partial charge < -0.3 is 14.8 Å². The van der Waals surface area contributed by atoms with Crippen LogP contribution in [0.4, 0.5) is 0 Å². The fraction of sp³-hybridized carbons (Fsp3) is 0.875. The summed E-state index contributed by atoms with van der Waals surface area (Å²) in [6, 6.07) is 0. The fourth-order valence-electron chi connectivity index (χ4n) is 9.28. The number of methoxy groups -OCH3 is 1. The van der Waals surface area contributed by atoms with E-state index in [9.17, 15) is 9.59 Å². The predicted molar refractivity (Wildman–Crippen MR) is 148 cm³/mol. The predicted octanol–water partition coefficient (Wildman–Crippen LogP) is 6.70. The van der Waals surface area contributed by atoms with Crippen molar-refractivity contribution < 1.29 is 19.1 Å². The zero-order valence-corrected chi connectivity index (χ0v) is 24.4. The van der Waals surface area contributed by atoms with Gasteiger partial charge in [0, 0.05) is 0 Å². The van der Waals surface area contributed by atoms with E-state index in [2.05, 4.69) is 50.7 Å². The summed E-state index contributed by atoms with van der Waals surface area (Å²) < 4.78 is 10.6. The number of ether oxygens (including phenoxy) is 2. The van der Waals surface area contributed by atoms with Crippen LogP contribution < -0.4 is 5.32 Å². The Kier molecular flexibility index (Phi) is 9.13. The summed E-state index contributed by atoms with van der Waals surface area (Å²) >= 11 is 0. The van der Waals surface area contributed by atoms with Gasteiger partial charge in [-0.25, -0.2) is 0 Å². The summed E-state index contributed by atoms with van der Waals surface area (Å²) in [6.45, 7) is 12.4. The van der Waals surface area contributed by atoms with E-state index in [1.807, 2.05) is 0 Å². The Morgan fingerprint density at radius 2 is 1.84 bits per heavy atom. The lowest BCUT2D eigenvalue weighted by Gasteiger charge is -2.58. The lowest BCUT2D eigenvalue weighted by atomic mass is 9.47. The molecule has 0 saturated heterocycles. The Morgan fingerprint density at radius 3 is 2.57 bits per heavy atom. The van der Waals surface area contributed by atoms with Crippen molar-refractivity contribution in [1.29, 1.82) is 0 Å². The fourth-order valence-corrected chi connectivity index (χ4v) is 9.28. The molecule has 5 nitrogen and oxygen atoms in total. The van der Waals surface area contributed by atoms with Crippen LogP contribution in [-0.4, -0.2) is 38.2 Å². The normalized spacial score (nSPS) is 37.7. The molecule has 8 unspecified atom stereocenters. The Balaban J connectivity index is 1.35.